The van der Waals surface area contributed by atoms with E-state index >= 15 is 0 Å². The van der Waals surface area contributed by atoms with Crippen molar-refractivity contribution in [3.8, 4) is 0 Å². The summed E-state index contributed by atoms with van der Waals surface area (Å²) < 4.78 is 12.6. The zero-order chi connectivity index (χ0) is 10.0. The molecule has 0 spiro atoms. The first kappa shape index (κ1) is 10.5. The molecule has 2 unspecified atom stereocenters. The minimum atomic E-state index is -1.65. The molecule has 0 aromatic heterocycles. The lowest BCUT2D eigenvalue weighted by atomic mass is 9.85. The van der Waals surface area contributed by atoms with E-state index in [-0.39, 0.29) is 17.3 Å². The maximum atomic E-state index is 12.6. The summed E-state index contributed by atoms with van der Waals surface area (Å²) in [5.74, 6) is -0.0339. The standard InChI is InChI=1S/C10H12ClFO/c1-6(2)7-3-4-8(10(11)12)9(13)5-7/h4,7,10H,1,3,5H2,2H3. The van der Waals surface area contributed by atoms with E-state index in [4.69, 9.17) is 11.6 Å². The Labute approximate surface area is 82.3 Å². The molecule has 13 heavy (non-hydrogen) atoms. The Morgan fingerprint density at radius 3 is 2.85 bits per heavy atom. The van der Waals surface area contributed by atoms with Crippen LogP contribution < -0.4 is 0 Å². The molecule has 0 aliphatic heterocycles. The minimum Gasteiger partial charge on any atom is -0.294 e. The summed E-state index contributed by atoms with van der Waals surface area (Å²) in [6.45, 7) is 5.65. The molecule has 0 N–H and O–H groups in total. The van der Waals surface area contributed by atoms with Gasteiger partial charge in [-0.15, -0.1) is 0 Å². The van der Waals surface area contributed by atoms with Crippen molar-refractivity contribution in [2.24, 2.45) is 5.92 Å². The SMILES string of the molecule is C=C(C)C1CC=C(C(F)Cl)C(=O)C1. The highest BCUT2D eigenvalue weighted by atomic mass is 35.5. The lowest BCUT2D eigenvalue weighted by Gasteiger charge is -2.20. The molecule has 0 heterocycles. The van der Waals surface area contributed by atoms with Crippen LogP contribution in [0.5, 0.6) is 0 Å². The minimum absolute atomic E-state index is 0.110. The number of allylic oxidation sites excluding steroid dienone is 3. The van der Waals surface area contributed by atoms with Gasteiger partial charge in [-0.05, 0) is 19.3 Å². The Bertz CT molecular complexity index is 268. The van der Waals surface area contributed by atoms with Gasteiger partial charge in [0.15, 0.2) is 5.78 Å². The van der Waals surface area contributed by atoms with E-state index in [1.54, 1.807) is 6.08 Å². The van der Waals surface area contributed by atoms with Gasteiger partial charge in [-0.2, -0.15) is 0 Å². The summed E-state index contributed by atoms with van der Waals surface area (Å²) in [6.07, 6.45) is 2.60. The van der Waals surface area contributed by atoms with E-state index in [0.717, 1.165) is 5.57 Å². The second-order valence-electron chi connectivity index (χ2n) is 3.37. The molecular formula is C10H12ClFO. The predicted octanol–water partition coefficient (Wildman–Crippen LogP) is 3.00. The maximum Gasteiger partial charge on any atom is 0.201 e. The van der Waals surface area contributed by atoms with Gasteiger partial charge in [-0.1, -0.05) is 29.8 Å². The van der Waals surface area contributed by atoms with Crippen LogP contribution in [0.1, 0.15) is 19.8 Å². The Hall–Kier alpha value is -0.630. The summed E-state index contributed by atoms with van der Waals surface area (Å²) >= 11 is 5.20. The van der Waals surface area contributed by atoms with Crippen LogP contribution in [0.15, 0.2) is 23.8 Å². The van der Waals surface area contributed by atoms with Crippen LogP contribution in [0.3, 0.4) is 0 Å². The van der Waals surface area contributed by atoms with E-state index in [1.807, 2.05) is 6.92 Å². The van der Waals surface area contributed by atoms with Gasteiger partial charge in [0.05, 0.1) is 0 Å². The van der Waals surface area contributed by atoms with Crippen LogP contribution in [0.25, 0.3) is 0 Å². The van der Waals surface area contributed by atoms with Gasteiger partial charge in [0.25, 0.3) is 0 Å². The van der Waals surface area contributed by atoms with Gasteiger partial charge in [-0.3, -0.25) is 4.79 Å². The van der Waals surface area contributed by atoms with Crippen molar-refractivity contribution >= 4 is 17.4 Å². The third kappa shape index (κ3) is 2.41. The van der Waals surface area contributed by atoms with Gasteiger partial charge >= 0.3 is 0 Å². The molecule has 1 aliphatic carbocycles. The van der Waals surface area contributed by atoms with Gasteiger partial charge in [0.2, 0.25) is 5.63 Å². The lowest BCUT2D eigenvalue weighted by Crippen LogP contribution is -2.19. The molecule has 1 rings (SSSR count). The third-order valence-corrected chi connectivity index (χ3v) is 2.54. The molecule has 1 aliphatic rings. The van der Waals surface area contributed by atoms with Crippen molar-refractivity contribution in [3.63, 3.8) is 0 Å². The van der Waals surface area contributed by atoms with E-state index in [1.165, 1.54) is 0 Å². The number of hydrogen-bond donors (Lipinski definition) is 0. The molecule has 3 heteroatoms. The van der Waals surface area contributed by atoms with Gasteiger partial charge in [-0.25, -0.2) is 4.39 Å². The van der Waals surface area contributed by atoms with Gasteiger partial charge in [0, 0.05) is 12.0 Å². The number of carbonyl (C=O) groups is 1. The Morgan fingerprint density at radius 1 is 1.85 bits per heavy atom. The van der Waals surface area contributed by atoms with Gasteiger partial charge in [0.1, 0.15) is 0 Å². The van der Waals surface area contributed by atoms with E-state index in [9.17, 15) is 9.18 Å². The fourth-order valence-electron chi connectivity index (χ4n) is 1.39. The topological polar surface area (TPSA) is 17.1 Å². The van der Waals surface area contributed by atoms with Crippen LogP contribution in [0.2, 0.25) is 0 Å². The molecule has 72 valence electrons. The molecule has 0 amide bonds. The van der Waals surface area contributed by atoms with E-state index in [0.29, 0.717) is 12.8 Å². The van der Waals surface area contributed by atoms with Crippen LogP contribution in [-0.2, 0) is 4.79 Å². The number of Topliss-reactive ketones (excluding diaryl/α,β-unsaturated/α-hetero) is 1. The summed E-state index contributed by atoms with van der Waals surface area (Å²) in [7, 11) is 0. The molecule has 0 aromatic rings. The van der Waals surface area contributed by atoms with Crippen molar-refractivity contribution in [3.05, 3.63) is 23.8 Å². The first-order valence-corrected chi connectivity index (χ1v) is 4.62. The summed E-state index contributed by atoms with van der Waals surface area (Å²) in [5, 5.41) is 0. The van der Waals surface area contributed by atoms with Crippen molar-refractivity contribution < 1.29 is 9.18 Å². The number of hydrogen-bond acceptors (Lipinski definition) is 1. The maximum absolute atomic E-state index is 12.6. The Kier molecular flexibility index (Phi) is 3.26. The summed E-state index contributed by atoms with van der Waals surface area (Å²) in [5.41, 5.74) is -0.577. The molecule has 0 fully saturated rings. The zero-order valence-corrected chi connectivity index (χ0v) is 8.27. The fourth-order valence-corrected chi connectivity index (χ4v) is 1.61. The predicted molar refractivity (Wildman–Crippen MR) is 51.4 cm³/mol. The summed E-state index contributed by atoms with van der Waals surface area (Å²) in [4.78, 5) is 11.3. The normalized spacial score (nSPS) is 25.3. The molecular weight excluding hydrogens is 191 g/mol. The molecule has 0 radical (unpaired) electrons. The van der Waals surface area contributed by atoms with Crippen LogP contribution in [-0.4, -0.2) is 11.4 Å². The second-order valence-corrected chi connectivity index (χ2v) is 3.75. The average molecular weight is 203 g/mol. The number of halogens is 2. The van der Waals surface area contributed by atoms with Crippen molar-refractivity contribution in [1.29, 1.82) is 0 Å². The molecule has 0 saturated carbocycles. The Balaban J connectivity index is 2.75. The fraction of sp³-hybridized carbons (Fsp3) is 0.500. The average Bonchev–Trinajstić information content (AvgIpc) is 2.03. The highest BCUT2D eigenvalue weighted by molar-refractivity contribution is 6.24. The quantitative estimate of drug-likeness (QED) is 0.497. The zero-order valence-electron chi connectivity index (χ0n) is 7.52. The van der Waals surface area contributed by atoms with Crippen LogP contribution in [0, 0.1) is 5.92 Å². The van der Waals surface area contributed by atoms with Crippen molar-refractivity contribution in [2.75, 3.05) is 0 Å². The molecule has 0 saturated heterocycles. The van der Waals surface area contributed by atoms with Crippen LogP contribution >= 0.6 is 11.6 Å². The highest BCUT2D eigenvalue weighted by Gasteiger charge is 2.26. The third-order valence-electron chi connectivity index (χ3n) is 2.31. The van der Waals surface area contributed by atoms with Crippen LogP contribution in [0.4, 0.5) is 4.39 Å². The molecule has 1 nitrogen and oxygen atoms in total. The molecule has 0 aromatic carbocycles. The van der Waals surface area contributed by atoms with Crippen molar-refractivity contribution in [2.45, 2.75) is 25.4 Å². The Morgan fingerprint density at radius 2 is 2.46 bits per heavy atom. The lowest BCUT2D eigenvalue weighted by molar-refractivity contribution is -0.117. The number of ketones is 1. The molecule has 0 bridgehead atoms. The second kappa shape index (κ2) is 4.05. The first-order valence-electron chi connectivity index (χ1n) is 4.19. The number of carbonyl (C=O) groups excluding carboxylic acids is 1. The monoisotopic (exact) mass is 202 g/mol. The summed E-state index contributed by atoms with van der Waals surface area (Å²) in [6, 6.07) is 0. The molecule has 2 atom stereocenters. The van der Waals surface area contributed by atoms with E-state index in [2.05, 4.69) is 6.58 Å². The number of alkyl halides is 2. The largest absolute Gasteiger partial charge is 0.294 e. The highest BCUT2D eigenvalue weighted by Crippen LogP contribution is 2.28. The van der Waals surface area contributed by atoms with E-state index < -0.39 is 5.63 Å². The first-order chi connectivity index (χ1) is 6.02. The smallest absolute Gasteiger partial charge is 0.201 e. The number of rotatable bonds is 2. The van der Waals surface area contributed by atoms with Crippen molar-refractivity contribution in [1.82, 2.24) is 0 Å². The van der Waals surface area contributed by atoms with Gasteiger partial charge < -0.3 is 0 Å².